The number of carbonyl (C=O) groups is 1. The van der Waals surface area contributed by atoms with Crippen molar-refractivity contribution in [1.82, 2.24) is 10.3 Å². The third-order valence-corrected chi connectivity index (χ3v) is 5.31. The number of hydrogen-bond acceptors (Lipinski definition) is 4. The molecule has 2 N–H and O–H groups in total. The lowest BCUT2D eigenvalue weighted by Crippen LogP contribution is -2.27. The van der Waals surface area contributed by atoms with E-state index >= 15 is 0 Å². The van der Waals surface area contributed by atoms with Gasteiger partial charge in [0.15, 0.2) is 0 Å². The molecule has 0 saturated heterocycles. The number of nitrogens with zero attached hydrogens (tertiary/aromatic N) is 2. The topological polar surface area (TPSA) is 65.5 Å². The lowest BCUT2D eigenvalue weighted by molar-refractivity contribution is 0.0944. The zero-order valence-corrected chi connectivity index (χ0v) is 17.0. The minimum atomic E-state index is -0.367. The fraction of sp³-hybridized carbons (Fsp3) is 0.217. The van der Waals surface area contributed by atoms with Gasteiger partial charge in [0, 0.05) is 53.4 Å². The van der Waals surface area contributed by atoms with Crippen molar-refractivity contribution in [3.8, 4) is 0 Å². The van der Waals surface area contributed by atoms with Gasteiger partial charge in [-0.15, -0.1) is 0 Å². The van der Waals surface area contributed by atoms with Crippen LogP contribution in [0.5, 0.6) is 0 Å². The first-order chi connectivity index (χ1) is 14.5. The number of benzene rings is 2. The molecule has 1 amide bonds. The maximum Gasteiger partial charge on any atom is 0.251 e. The summed E-state index contributed by atoms with van der Waals surface area (Å²) in [7, 11) is 0. The maximum absolute atomic E-state index is 13.6. The summed E-state index contributed by atoms with van der Waals surface area (Å²) in [5.74, 6) is -0.546. The van der Waals surface area contributed by atoms with Crippen molar-refractivity contribution in [3.05, 3.63) is 88.0 Å². The van der Waals surface area contributed by atoms with Crippen LogP contribution in [-0.2, 0) is 12.8 Å². The Bertz CT molecular complexity index is 1070. The van der Waals surface area contributed by atoms with E-state index in [4.69, 9.17) is 16.7 Å². The van der Waals surface area contributed by atoms with Gasteiger partial charge in [0.25, 0.3) is 5.91 Å². The SMILES string of the molecule is O=C(NCCO)c1cccc2c1CCN2c1ccnc(Cc2cc(F)cc(Cl)c2)c1. The number of aromatic nitrogens is 1. The van der Waals surface area contributed by atoms with E-state index in [9.17, 15) is 9.18 Å². The highest BCUT2D eigenvalue weighted by atomic mass is 35.5. The van der Waals surface area contributed by atoms with Crippen molar-refractivity contribution in [1.29, 1.82) is 0 Å². The van der Waals surface area contributed by atoms with Crippen LogP contribution < -0.4 is 10.2 Å². The summed E-state index contributed by atoms with van der Waals surface area (Å²) in [4.78, 5) is 19.0. The number of halogens is 2. The third-order valence-electron chi connectivity index (χ3n) is 5.09. The Balaban J connectivity index is 1.60. The van der Waals surface area contributed by atoms with Gasteiger partial charge in [0.05, 0.1) is 6.61 Å². The standard InChI is InChI=1S/C23H21ClFN3O2/c24-16-10-15(11-17(25)13-16)12-18-14-19(4-6-26-18)28-8-5-20-21(2-1-3-22(20)28)23(30)27-7-9-29/h1-4,6,10-11,13-14,29H,5,7-9,12H2,(H,27,30). The molecular formula is C23H21ClFN3O2. The van der Waals surface area contributed by atoms with Gasteiger partial charge in [-0.05, 0) is 60.0 Å². The molecular weight excluding hydrogens is 405 g/mol. The van der Waals surface area contributed by atoms with Gasteiger partial charge in [-0.25, -0.2) is 4.39 Å². The molecule has 0 radical (unpaired) electrons. The number of rotatable bonds is 6. The van der Waals surface area contributed by atoms with Crippen LogP contribution in [0.25, 0.3) is 0 Å². The lowest BCUT2D eigenvalue weighted by atomic mass is 10.0. The van der Waals surface area contributed by atoms with Gasteiger partial charge in [0.1, 0.15) is 5.82 Å². The normalized spacial score (nSPS) is 12.7. The Morgan fingerprint density at radius 2 is 2.10 bits per heavy atom. The second kappa shape index (κ2) is 8.81. The molecule has 0 fully saturated rings. The molecule has 0 atom stereocenters. The van der Waals surface area contributed by atoms with Gasteiger partial charge in [-0.1, -0.05) is 17.7 Å². The highest BCUT2D eigenvalue weighted by Crippen LogP contribution is 2.36. The monoisotopic (exact) mass is 425 g/mol. The van der Waals surface area contributed by atoms with Crippen LogP contribution in [0.2, 0.25) is 5.02 Å². The Labute approximate surface area is 179 Å². The van der Waals surface area contributed by atoms with Crippen LogP contribution in [0.1, 0.15) is 27.2 Å². The van der Waals surface area contributed by atoms with E-state index in [1.807, 2.05) is 24.3 Å². The molecule has 154 valence electrons. The summed E-state index contributed by atoms with van der Waals surface area (Å²) >= 11 is 5.96. The second-order valence-corrected chi connectivity index (χ2v) is 7.58. The first kappa shape index (κ1) is 20.3. The maximum atomic E-state index is 13.6. The smallest absolute Gasteiger partial charge is 0.251 e. The Morgan fingerprint density at radius 1 is 1.23 bits per heavy atom. The number of anilines is 2. The molecule has 2 heterocycles. The molecule has 5 nitrogen and oxygen atoms in total. The summed E-state index contributed by atoms with van der Waals surface area (Å²) in [6, 6.07) is 14.1. The number of fused-ring (bicyclic) bond motifs is 1. The number of carbonyl (C=O) groups excluding carboxylic acids is 1. The molecule has 0 bridgehead atoms. The first-order valence-electron chi connectivity index (χ1n) is 9.73. The van der Waals surface area contributed by atoms with E-state index in [0.29, 0.717) is 17.0 Å². The summed E-state index contributed by atoms with van der Waals surface area (Å²) in [5.41, 5.74) is 5.14. The van der Waals surface area contributed by atoms with E-state index in [2.05, 4.69) is 15.2 Å². The van der Waals surface area contributed by atoms with Crippen LogP contribution in [0.4, 0.5) is 15.8 Å². The predicted octanol–water partition coefficient (Wildman–Crippen LogP) is 3.88. The minimum Gasteiger partial charge on any atom is -0.395 e. The first-order valence-corrected chi connectivity index (χ1v) is 10.1. The number of aliphatic hydroxyl groups excluding tert-OH is 1. The van der Waals surface area contributed by atoms with Crippen molar-refractivity contribution in [2.45, 2.75) is 12.8 Å². The summed E-state index contributed by atoms with van der Waals surface area (Å²) in [6.07, 6.45) is 2.95. The Kier molecular flexibility index (Phi) is 5.97. The van der Waals surface area contributed by atoms with Crippen molar-refractivity contribution in [3.63, 3.8) is 0 Å². The van der Waals surface area contributed by atoms with E-state index in [1.54, 1.807) is 18.3 Å². The second-order valence-electron chi connectivity index (χ2n) is 7.14. The fourth-order valence-corrected chi connectivity index (χ4v) is 4.08. The molecule has 1 aromatic heterocycles. The van der Waals surface area contributed by atoms with Crippen molar-refractivity contribution < 1.29 is 14.3 Å². The average molecular weight is 426 g/mol. The van der Waals surface area contributed by atoms with Crippen LogP contribution >= 0.6 is 11.6 Å². The van der Waals surface area contributed by atoms with E-state index in [-0.39, 0.29) is 24.9 Å². The third kappa shape index (κ3) is 4.30. The van der Waals surface area contributed by atoms with E-state index < -0.39 is 0 Å². The van der Waals surface area contributed by atoms with Crippen LogP contribution in [0.15, 0.2) is 54.7 Å². The molecule has 30 heavy (non-hydrogen) atoms. The molecule has 0 aliphatic carbocycles. The lowest BCUT2D eigenvalue weighted by Gasteiger charge is -2.20. The summed E-state index contributed by atoms with van der Waals surface area (Å²) < 4.78 is 13.6. The van der Waals surface area contributed by atoms with Gasteiger partial charge < -0.3 is 15.3 Å². The molecule has 0 spiro atoms. The van der Waals surface area contributed by atoms with Gasteiger partial charge in [0.2, 0.25) is 0 Å². The Hall–Kier alpha value is -2.96. The largest absolute Gasteiger partial charge is 0.395 e. The predicted molar refractivity (Wildman–Crippen MR) is 115 cm³/mol. The van der Waals surface area contributed by atoms with Crippen molar-refractivity contribution in [2.75, 3.05) is 24.6 Å². The number of hydrogen-bond donors (Lipinski definition) is 2. The van der Waals surface area contributed by atoms with Crippen molar-refractivity contribution >= 4 is 28.9 Å². The van der Waals surface area contributed by atoms with E-state index in [1.165, 1.54) is 12.1 Å². The molecule has 2 aromatic carbocycles. The van der Waals surface area contributed by atoms with Crippen LogP contribution in [0.3, 0.4) is 0 Å². The zero-order valence-electron chi connectivity index (χ0n) is 16.2. The zero-order chi connectivity index (χ0) is 21.1. The van der Waals surface area contributed by atoms with Crippen LogP contribution in [-0.4, -0.2) is 35.7 Å². The quantitative estimate of drug-likeness (QED) is 0.629. The molecule has 3 aromatic rings. The number of amides is 1. The van der Waals surface area contributed by atoms with Gasteiger partial charge in [-0.2, -0.15) is 0 Å². The van der Waals surface area contributed by atoms with Crippen LogP contribution in [0, 0.1) is 5.82 Å². The summed E-state index contributed by atoms with van der Waals surface area (Å²) in [6.45, 7) is 0.877. The molecule has 0 saturated carbocycles. The van der Waals surface area contributed by atoms with Gasteiger partial charge in [-0.3, -0.25) is 9.78 Å². The van der Waals surface area contributed by atoms with Gasteiger partial charge >= 0.3 is 0 Å². The Morgan fingerprint density at radius 3 is 2.90 bits per heavy atom. The highest BCUT2D eigenvalue weighted by Gasteiger charge is 2.25. The average Bonchev–Trinajstić information content (AvgIpc) is 3.15. The number of nitrogens with one attached hydrogen (secondary N) is 1. The van der Waals surface area contributed by atoms with E-state index in [0.717, 1.165) is 41.2 Å². The molecule has 1 aliphatic heterocycles. The van der Waals surface area contributed by atoms with Crippen molar-refractivity contribution in [2.24, 2.45) is 0 Å². The molecule has 1 aliphatic rings. The number of aliphatic hydroxyl groups is 1. The number of pyridine rings is 1. The highest BCUT2D eigenvalue weighted by molar-refractivity contribution is 6.30. The fourth-order valence-electron chi connectivity index (χ4n) is 3.83. The minimum absolute atomic E-state index is 0.0940. The summed E-state index contributed by atoms with van der Waals surface area (Å²) in [5, 5.41) is 12.0. The molecule has 4 rings (SSSR count). The molecule has 0 unspecified atom stereocenters. The molecule has 7 heteroatoms.